The Morgan fingerprint density at radius 3 is 2.67 bits per heavy atom. The van der Waals surface area contributed by atoms with Crippen LogP contribution in [0.15, 0.2) is 4.79 Å². The molecule has 1 fully saturated rings. The summed E-state index contributed by atoms with van der Waals surface area (Å²) >= 11 is 0. The fourth-order valence-electron chi connectivity index (χ4n) is 2.70. The highest BCUT2D eigenvalue weighted by atomic mass is 16.5. The predicted molar refractivity (Wildman–Crippen MR) is 79.2 cm³/mol. The van der Waals surface area contributed by atoms with Crippen LogP contribution in [0.4, 0.5) is 0 Å². The van der Waals surface area contributed by atoms with Gasteiger partial charge in [-0.25, -0.2) is 4.98 Å². The van der Waals surface area contributed by atoms with E-state index in [1.54, 1.807) is 25.9 Å². The molecule has 0 spiro atoms. The fraction of sp³-hybridized carbons (Fsp3) is 0.667. The highest BCUT2D eigenvalue weighted by molar-refractivity contribution is 5.76. The van der Waals surface area contributed by atoms with Crippen LogP contribution in [0.3, 0.4) is 0 Å². The van der Waals surface area contributed by atoms with Gasteiger partial charge in [-0.15, -0.1) is 0 Å². The number of nitrogens with zero attached hydrogens (tertiary/aromatic N) is 2. The van der Waals surface area contributed by atoms with E-state index in [9.17, 15) is 9.59 Å². The lowest BCUT2D eigenvalue weighted by Crippen LogP contribution is -2.48. The quantitative estimate of drug-likeness (QED) is 0.877. The SMILES string of the molecule is COC1CC(N(C)C(=O)CCc2c(C)nc(C)[nH]c2=O)C1. The Kier molecular flexibility index (Phi) is 4.77. The smallest absolute Gasteiger partial charge is 0.254 e. The third-order valence-corrected chi connectivity index (χ3v) is 4.27. The van der Waals surface area contributed by atoms with Crippen molar-refractivity contribution in [1.82, 2.24) is 14.9 Å². The van der Waals surface area contributed by atoms with Gasteiger partial charge >= 0.3 is 0 Å². The van der Waals surface area contributed by atoms with E-state index >= 15 is 0 Å². The first-order valence-corrected chi connectivity index (χ1v) is 7.27. The zero-order chi connectivity index (χ0) is 15.6. The van der Waals surface area contributed by atoms with Crippen molar-refractivity contribution < 1.29 is 9.53 Å². The monoisotopic (exact) mass is 293 g/mol. The minimum atomic E-state index is -0.140. The zero-order valence-electron chi connectivity index (χ0n) is 13.1. The van der Waals surface area contributed by atoms with E-state index in [0.29, 0.717) is 29.9 Å². The Bertz CT molecular complexity index is 576. The van der Waals surface area contributed by atoms with E-state index in [0.717, 1.165) is 12.8 Å². The number of aromatic amines is 1. The van der Waals surface area contributed by atoms with Gasteiger partial charge in [-0.3, -0.25) is 9.59 Å². The van der Waals surface area contributed by atoms with E-state index < -0.39 is 0 Å². The summed E-state index contributed by atoms with van der Waals surface area (Å²) in [5.41, 5.74) is 1.17. The molecule has 6 heteroatoms. The molecule has 1 aromatic heterocycles. The van der Waals surface area contributed by atoms with Crippen molar-refractivity contribution in [2.45, 2.75) is 51.7 Å². The molecule has 0 aliphatic heterocycles. The number of methoxy groups -OCH3 is 1. The first-order chi connectivity index (χ1) is 9.92. The number of ether oxygens (including phenoxy) is 1. The molecule has 1 heterocycles. The number of carbonyl (C=O) groups excluding carboxylic acids is 1. The molecule has 0 unspecified atom stereocenters. The lowest BCUT2D eigenvalue weighted by Gasteiger charge is -2.40. The second kappa shape index (κ2) is 6.39. The van der Waals surface area contributed by atoms with Gasteiger partial charge < -0.3 is 14.6 Å². The number of nitrogens with one attached hydrogen (secondary N) is 1. The summed E-state index contributed by atoms with van der Waals surface area (Å²) in [6, 6.07) is 0.262. The molecule has 1 aliphatic carbocycles. The Labute approximate surface area is 124 Å². The molecule has 0 radical (unpaired) electrons. The number of aromatic nitrogens is 2. The predicted octanol–water partition coefficient (Wildman–Crippen LogP) is 0.955. The maximum absolute atomic E-state index is 12.2. The first-order valence-electron chi connectivity index (χ1n) is 7.27. The Balaban J connectivity index is 1.91. The van der Waals surface area contributed by atoms with E-state index in [1.165, 1.54) is 0 Å². The maximum atomic E-state index is 12.2. The highest BCUT2D eigenvalue weighted by Gasteiger charge is 2.33. The largest absolute Gasteiger partial charge is 0.381 e. The van der Waals surface area contributed by atoms with Gasteiger partial charge in [0.2, 0.25) is 5.91 Å². The van der Waals surface area contributed by atoms with Crippen molar-refractivity contribution >= 4 is 5.91 Å². The van der Waals surface area contributed by atoms with Crippen LogP contribution in [0.5, 0.6) is 0 Å². The molecular formula is C15H23N3O3. The molecule has 116 valence electrons. The lowest BCUT2D eigenvalue weighted by atomic mass is 9.88. The van der Waals surface area contributed by atoms with Crippen LogP contribution in [-0.2, 0) is 16.0 Å². The van der Waals surface area contributed by atoms with Gasteiger partial charge in [-0.1, -0.05) is 0 Å². The highest BCUT2D eigenvalue weighted by Crippen LogP contribution is 2.27. The fourth-order valence-corrected chi connectivity index (χ4v) is 2.70. The summed E-state index contributed by atoms with van der Waals surface area (Å²) in [5, 5.41) is 0. The molecule has 1 amide bonds. The van der Waals surface area contributed by atoms with Gasteiger partial charge in [0.25, 0.3) is 5.56 Å². The van der Waals surface area contributed by atoms with Gasteiger partial charge in [0, 0.05) is 37.9 Å². The lowest BCUT2D eigenvalue weighted by molar-refractivity contribution is -0.136. The Morgan fingerprint density at radius 2 is 2.10 bits per heavy atom. The summed E-state index contributed by atoms with van der Waals surface area (Å²) in [5.74, 6) is 0.665. The standard InChI is InChI=1S/C15H23N3O3/c1-9-13(15(20)17-10(2)16-9)5-6-14(19)18(3)11-7-12(8-11)21-4/h11-12H,5-8H2,1-4H3,(H,16,17,20). The van der Waals surface area contributed by atoms with Gasteiger partial charge in [-0.2, -0.15) is 0 Å². The molecule has 21 heavy (non-hydrogen) atoms. The molecule has 1 saturated carbocycles. The molecule has 0 atom stereocenters. The summed E-state index contributed by atoms with van der Waals surface area (Å²) in [4.78, 5) is 32.8. The molecule has 0 aromatic carbocycles. The van der Waals surface area contributed by atoms with Gasteiger partial charge in [-0.05, 0) is 33.1 Å². The minimum Gasteiger partial charge on any atom is -0.381 e. The first kappa shape index (κ1) is 15.7. The van der Waals surface area contributed by atoms with Crippen molar-refractivity contribution in [3.8, 4) is 0 Å². The van der Waals surface area contributed by atoms with Crippen molar-refractivity contribution in [3.05, 3.63) is 27.4 Å². The van der Waals surface area contributed by atoms with Gasteiger partial charge in [0.1, 0.15) is 5.82 Å². The van der Waals surface area contributed by atoms with Crippen molar-refractivity contribution in [2.24, 2.45) is 0 Å². The van der Waals surface area contributed by atoms with Crippen LogP contribution in [0.1, 0.15) is 36.3 Å². The van der Waals surface area contributed by atoms with Crippen LogP contribution in [-0.4, -0.2) is 47.1 Å². The summed E-state index contributed by atoms with van der Waals surface area (Å²) in [7, 11) is 3.52. The second-order valence-electron chi connectivity index (χ2n) is 5.70. The van der Waals surface area contributed by atoms with Crippen LogP contribution in [0.25, 0.3) is 0 Å². The maximum Gasteiger partial charge on any atom is 0.254 e. The molecule has 1 aromatic rings. The molecule has 1 N–H and O–H groups in total. The number of hydrogen-bond donors (Lipinski definition) is 1. The molecule has 1 aliphatic rings. The molecule has 2 rings (SSSR count). The number of H-pyrrole nitrogens is 1. The van der Waals surface area contributed by atoms with Gasteiger partial charge in [0.15, 0.2) is 0 Å². The summed E-state index contributed by atoms with van der Waals surface area (Å²) in [6.45, 7) is 3.56. The average molecular weight is 293 g/mol. The van der Waals surface area contributed by atoms with Crippen LogP contribution < -0.4 is 5.56 Å². The Hall–Kier alpha value is -1.69. The topological polar surface area (TPSA) is 75.3 Å². The summed E-state index contributed by atoms with van der Waals surface area (Å²) in [6.07, 6.45) is 2.82. The van der Waals surface area contributed by atoms with E-state index in [2.05, 4.69) is 9.97 Å². The number of rotatable bonds is 5. The number of aryl methyl sites for hydroxylation is 2. The van der Waals surface area contributed by atoms with E-state index in [4.69, 9.17) is 4.74 Å². The average Bonchev–Trinajstić information content (AvgIpc) is 2.35. The molecule has 0 bridgehead atoms. The normalized spacial score (nSPS) is 21.0. The van der Waals surface area contributed by atoms with E-state index in [-0.39, 0.29) is 23.6 Å². The summed E-state index contributed by atoms with van der Waals surface area (Å²) < 4.78 is 5.23. The van der Waals surface area contributed by atoms with Crippen molar-refractivity contribution in [2.75, 3.05) is 14.2 Å². The second-order valence-corrected chi connectivity index (χ2v) is 5.70. The van der Waals surface area contributed by atoms with Crippen LogP contribution in [0, 0.1) is 13.8 Å². The zero-order valence-corrected chi connectivity index (χ0v) is 13.1. The Morgan fingerprint density at radius 1 is 1.43 bits per heavy atom. The van der Waals surface area contributed by atoms with Crippen molar-refractivity contribution in [3.63, 3.8) is 0 Å². The molecule has 6 nitrogen and oxygen atoms in total. The van der Waals surface area contributed by atoms with E-state index in [1.807, 2.05) is 7.05 Å². The number of carbonyl (C=O) groups is 1. The van der Waals surface area contributed by atoms with Crippen LogP contribution >= 0.6 is 0 Å². The van der Waals surface area contributed by atoms with Gasteiger partial charge in [0.05, 0.1) is 6.10 Å². The minimum absolute atomic E-state index is 0.0638. The third-order valence-electron chi connectivity index (χ3n) is 4.27. The van der Waals surface area contributed by atoms with Crippen molar-refractivity contribution in [1.29, 1.82) is 0 Å². The van der Waals surface area contributed by atoms with Crippen LogP contribution in [0.2, 0.25) is 0 Å². The number of hydrogen-bond acceptors (Lipinski definition) is 4. The third kappa shape index (κ3) is 3.50. The molecule has 0 saturated heterocycles. The number of amides is 1. The molecular weight excluding hydrogens is 270 g/mol.